The molecule has 0 fully saturated rings. The van der Waals surface area contributed by atoms with Crippen molar-refractivity contribution in [1.29, 1.82) is 0 Å². The van der Waals surface area contributed by atoms with Crippen LogP contribution in [0.5, 0.6) is 23.0 Å². The molecule has 0 atom stereocenters. The zero-order valence-electron chi connectivity index (χ0n) is 19.2. The van der Waals surface area contributed by atoms with Crippen molar-refractivity contribution >= 4 is 0 Å². The van der Waals surface area contributed by atoms with Crippen molar-refractivity contribution in [2.75, 3.05) is 0 Å². The topological polar surface area (TPSA) is 80.9 Å². The van der Waals surface area contributed by atoms with Crippen molar-refractivity contribution in [1.82, 2.24) is 0 Å². The lowest BCUT2D eigenvalue weighted by Gasteiger charge is -2.37. The monoisotopic (exact) mass is 462 g/mol. The number of allylic oxidation sites excluding steroid dienone is 2. The molecule has 4 heteroatoms. The van der Waals surface area contributed by atoms with Crippen molar-refractivity contribution in [2.24, 2.45) is 0 Å². The molecule has 35 heavy (non-hydrogen) atoms. The maximum absolute atomic E-state index is 11.0. The molecule has 0 unspecified atom stereocenters. The molecule has 0 bridgehead atoms. The lowest BCUT2D eigenvalue weighted by Crippen LogP contribution is -2.31. The second-order valence-electron chi connectivity index (χ2n) is 8.75. The van der Waals surface area contributed by atoms with Crippen LogP contribution in [0.1, 0.15) is 33.4 Å². The van der Waals surface area contributed by atoms with E-state index in [1.165, 1.54) is 12.1 Å². The fraction of sp³-hybridized carbons (Fsp3) is 0.0968. The third-order valence-corrected chi connectivity index (χ3v) is 6.98. The van der Waals surface area contributed by atoms with Crippen LogP contribution in [0.2, 0.25) is 0 Å². The standard InChI is InChI=1S/C31H26O4/c1-3-9-21-25(15-17-27(32)29(21)34)31(26-16-18-28(33)30(35)22(26)10-4-2)23-13-7-5-11-19(23)20-12-6-8-14-24(20)31/h3-8,11-18,32-35H,1-2,9-10H2. The number of phenolic OH excluding ortho intramolecular Hbond substituents is 4. The van der Waals surface area contributed by atoms with Gasteiger partial charge in [0.25, 0.3) is 0 Å². The van der Waals surface area contributed by atoms with Crippen molar-refractivity contribution in [2.45, 2.75) is 18.3 Å². The second kappa shape index (κ2) is 8.41. The molecule has 0 radical (unpaired) electrons. The summed E-state index contributed by atoms with van der Waals surface area (Å²) in [7, 11) is 0. The molecule has 0 heterocycles. The van der Waals surface area contributed by atoms with E-state index in [4.69, 9.17) is 0 Å². The van der Waals surface area contributed by atoms with E-state index in [2.05, 4.69) is 37.4 Å². The number of hydrogen-bond donors (Lipinski definition) is 4. The third-order valence-electron chi connectivity index (χ3n) is 6.98. The highest BCUT2D eigenvalue weighted by atomic mass is 16.3. The SMILES string of the molecule is C=CCc1c(C2(c3ccc(O)c(O)c3CC=C)c3ccccc3-c3ccccc32)ccc(O)c1O. The number of phenols is 4. The number of fused-ring (bicyclic) bond motifs is 3. The Hall–Kier alpha value is -4.44. The Kier molecular flexibility index (Phi) is 5.37. The maximum Gasteiger partial charge on any atom is 0.161 e. The molecule has 0 spiro atoms. The Morgan fingerprint density at radius 3 is 1.34 bits per heavy atom. The van der Waals surface area contributed by atoms with Crippen LogP contribution in [0.15, 0.2) is 98.1 Å². The Morgan fingerprint density at radius 2 is 0.943 bits per heavy atom. The first-order chi connectivity index (χ1) is 17.0. The molecule has 0 saturated carbocycles. The number of aromatic hydroxyl groups is 4. The first-order valence-corrected chi connectivity index (χ1v) is 11.5. The average molecular weight is 463 g/mol. The molecule has 1 aliphatic rings. The van der Waals surface area contributed by atoms with E-state index in [9.17, 15) is 20.4 Å². The van der Waals surface area contributed by atoms with Gasteiger partial charge in [0.2, 0.25) is 0 Å². The van der Waals surface area contributed by atoms with Gasteiger partial charge in [-0.1, -0.05) is 72.8 Å². The molecule has 4 aromatic rings. The summed E-state index contributed by atoms with van der Waals surface area (Å²) in [5, 5.41) is 42.8. The minimum atomic E-state index is -0.944. The van der Waals surface area contributed by atoms with Crippen LogP contribution in [0, 0.1) is 0 Å². The summed E-state index contributed by atoms with van der Waals surface area (Å²) in [4.78, 5) is 0. The summed E-state index contributed by atoms with van der Waals surface area (Å²) in [6, 6.07) is 22.8. The lowest BCUT2D eigenvalue weighted by atomic mass is 9.64. The van der Waals surface area contributed by atoms with Gasteiger partial charge in [-0.15, -0.1) is 13.2 Å². The van der Waals surface area contributed by atoms with Gasteiger partial charge in [0, 0.05) is 11.1 Å². The fourth-order valence-corrected chi connectivity index (χ4v) is 5.61. The summed E-state index contributed by atoms with van der Waals surface area (Å²) in [6.45, 7) is 7.74. The highest BCUT2D eigenvalue weighted by molar-refractivity contribution is 5.87. The van der Waals surface area contributed by atoms with Gasteiger partial charge in [0.1, 0.15) is 0 Å². The van der Waals surface area contributed by atoms with Crippen LogP contribution in [0.25, 0.3) is 11.1 Å². The van der Waals surface area contributed by atoms with Gasteiger partial charge >= 0.3 is 0 Å². The highest BCUT2D eigenvalue weighted by Crippen LogP contribution is 2.59. The van der Waals surface area contributed by atoms with Crippen LogP contribution in [-0.4, -0.2) is 20.4 Å². The minimum Gasteiger partial charge on any atom is -0.504 e. The normalized spacial score (nSPS) is 13.1. The van der Waals surface area contributed by atoms with E-state index >= 15 is 0 Å². The Morgan fingerprint density at radius 1 is 0.543 bits per heavy atom. The number of benzene rings is 4. The highest BCUT2D eigenvalue weighted by Gasteiger charge is 2.48. The molecule has 1 aliphatic carbocycles. The van der Waals surface area contributed by atoms with Crippen molar-refractivity contribution in [3.05, 3.63) is 131 Å². The molecule has 4 N–H and O–H groups in total. The van der Waals surface area contributed by atoms with Gasteiger partial charge in [-0.3, -0.25) is 0 Å². The molecule has 0 amide bonds. The van der Waals surface area contributed by atoms with Gasteiger partial charge in [-0.25, -0.2) is 0 Å². The summed E-state index contributed by atoms with van der Waals surface area (Å²) in [5.74, 6) is -0.811. The fourth-order valence-electron chi connectivity index (χ4n) is 5.61. The van der Waals surface area contributed by atoms with Gasteiger partial charge in [0.05, 0.1) is 5.41 Å². The maximum atomic E-state index is 11.0. The van der Waals surface area contributed by atoms with E-state index < -0.39 is 5.41 Å². The van der Waals surface area contributed by atoms with Crippen LogP contribution in [0.3, 0.4) is 0 Å². The van der Waals surface area contributed by atoms with E-state index in [1.54, 1.807) is 12.2 Å². The first-order valence-electron chi connectivity index (χ1n) is 11.5. The smallest absolute Gasteiger partial charge is 0.161 e. The molecule has 174 valence electrons. The van der Waals surface area contributed by atoms with Gasteiger partial charge in [-0.05, 0) is 58.4 Å². The molecule has 4 aromatic carbocycles. The van der Waals surface area contributed by atoms with E-state index in [0.717, 1.165) is 33.4 Å². The van der Waals surface area contributed by atoms with Crippen molar-refractivity contribution in [3.63, 3.8) is 0 Å². The molecule has 4 nitrogen and oxygen atoms in total. The Balaban J connectivity index is 2.05. The molecule has 0 aliphatic heterocycles. The number of hydrogen-bond acceptors (Lipinski definition) is 4. The van der Waals surface area contributed by atoms with Crippen LogP contribution >= 0.6 is 0 Å². The zero-order valence-corrected chi connectivity index (χ0v) is 19.2. The quantitative estimate of drug-likeness (QED) is 0.176. The lowest BCUT2D eigenvalue weighted by molar-refractivity contribution is 0.397. The average Bonchev–Trinajstić information content (AvgIpc) is 3.17. The molecule has 0 saturated heterocycles. The molecule has 5 rings (SSSR count). The van der Waals surface area contributed by atoms with Crippen LogP contribution in [-0.2, 0) is 18.3 Å². The number of rotatable bonds is 6. The van der Waals surface area contributed by atoms with Gasteiger partial charge in [-0.2, -0.15) is 0 Å². The molecular formula is C31H26O4. The van der Waals surface area contributed by atoms with E-state index in [-0.39, 0.29) is 23.0 Å². The van der Waals surface area contributed by atoms with Crippen molar-refractivity contribution < 1.29 is 20.4 Å². The third kappa shape index (κ3) is 3.07. The van der Waals surface area contributed by atoms with E-state index in [1.807, 2.05) is 36.4 Å². The van der Waals surface area contributed by atoms with Crippen LogP contribution in [0.4, 0.5) is 0 Å². The Labute approximate surface area is 204 Å². The second-order valence-corrected chi connectivity index (χ2v) is 8.75. The molecule has 0 aromatic heterocycles. The largest absolute Gasteiger partial charge is 0.504 e. The molecular weight excluding hydrogens is 436 g/mol. The summed E-state index contributed by atoms with van der Waals surface area (Å²) < 4.78 is 0. The predicted octanol–water partition coefficient (Wildman–Crippen LogP) is 6.33. The van der Waals surface area contributed by atoms with Gasteiger partial charge in [0.15, 0.2) is 23.0 Å². The van der Waals surface area contributed by atoms with Crippen molar-refractivity contribution in [3.8, 4) is 34.1 Å². The van der Waals surface area contributed by atoms with Gasteiger partial charge < -0.3 is 20.4 Å². The summed E-state index contributed by atoms with van der Waals surface area (Å²) >= 11 is 0. The van der Waals surface area contributed by atoms with Crippen LogP contribution < -0.4 is 0 Å². The summed E-state index contributed by atoms with van der Waals surface area (Å²) in [6.07, 6.45) is 4.03. The first kappa shape index (κ1) is 22.4. The zero-order chi connectivity index (χ0) is 24.7. The predicted molar refractivity (Wildman–Crippen MR) is 138 cm³/mol. The van der Waals surface area contributed by atoms with E-state index in [0.29, 0.717) is 24.0 Å². The minimum absolute atomic E-state index is 0.197. The Bertz CT molecular complexity index is 1370. The summed E-state index contributed by atoms with van der Waals surface area (Å²) in [5.41, 5.74) is 5.71.